The SMILES string of the molecule is COc1cc2c(cc1OCCN(C)C)C(c1ccc(F)cc1F)NCC2. The molecule has 26 heavy (non-hydrogen) atoms. The van der Waals surface area contributed by atoms with Crippen LogP contribution in [0.2, 0.25) is 0 Å². The normalized spacial score (nSPS) is 16.5. The van der Waals surface area contributed by atoms with E-state index in [1.807, 2.05) is 31.1 Å². The van der Waals surface area contributed by atoms with E-state index in [0.717, 1.165) is 30.2 Å². The van der Waals surface area contributed by atoms with Gasteiger partial charge in [-0.15, -0.1) is 0 Å². The molecule has 1 aliphatic heterocycles. The Morgan fingerprint density at radius 3 is 2.62 bits per heavy atom. The highest BCUT2D eigenvalue weighted by Gasteiger charge is 2.26. The molecular formula is C20H24F2N2O2. The minimum Gasteiger partial charge on any atom is -0.493 e. The van der Waals surface area contributed by atoms with Gasteiger partial charge in [0.15, 0.2) is 11.5 Å². The third-order valence-electron chi connectivity index (χ3n) is 4.55. The van der Waals surface area contributed by atoms with Crippen molar-refractivity contribution >= 4 is 0 Å². The Morgan fingerprint density at radius 2 is 1.92 bits per heavy atom. The van der Waals surface area contributed by atoms with Gasteiger partial charge in [0.1, 0.15) is 18.2 Å². The predicted octanol–water partition coefficient (Wildman–Crippen LogP) is 3.15. The number of halogens is 2. The maximum Gasteiger partial charge on any atom is 0.161 e. The average Bonchev–Trinajstić information content (AvgIpc) is 2.60. The zero-order chi connectivity index (χ0) is 18.7. The van der Waals surface area contributed by atoms with E-state index in [-0.39, 0.29) is 6.04 Å². The lowest BCUT2D eigenvalue weighted by Crippen LogP contribution is -2.31. The van der Waals surface area contributed by atoms with Crippen molar-refractivity contribution in [1.29, 1.82) is 0 Å². The third-order valence-corrected chi connectivity index (χ3v) is 4.55. The van der Waals surface area contributed by atoms with Crippen LogP contribution in [0, 0.1) is 11.6 Å². The molecule has 0 amide bonds. The van der Waals surface area contributed by atoms with Crippen molar-refractivity contribution in [2.45, 2.75) is 12.5 Å². The van der Waals surface area contributed by atoms with Crippen LogP contribution in [0.25, 0.3) is 0 Å². The second-order valence-electron chi connectivity index (χ2n) is 6.66. The number of hydrogen-bond donors (Lipinski definition) is 1. The summed E-state index contributed by atoms with van der Waals surface area (Å²) in [6, 6.07) is 7.21. The summed E-state index contributed by atoms with van der Waals surface area (Å²) < 4.78 is 39.0. The lowest BCUT2D eigenvalue weighted by atomic mass is 9.89. The van der Waals surface area contributed by atoms with E-state index in [0.29, 0.717) is 30.2 Å². The highest BCUT2D eigenvalue weighted by molar-refractivity contribution is 5.51. The zero-order valence-electron chi connectivity index (χ0n) is 15.3. The number of likely N-dealkylation sites (N-methyl/N-ethyl adjacent to an activating group) is 1. The largest absolute Gasteiger partial charge is 0.493 e. The fraction of sp³-hybridized carbons (Fsp3) is 0.400. The van der Waals surface area contributed by atoms with Crippen LogP contribution in [0.3, 0.4) is 0 Å². The van der Waals surface area contributed by atoms with Crippen molar-refractivity contribution in [2.75, 3.05) is 40.9 Å². The molecule has 6 heteroatoms. The van der Waals surface area contributed by atoms with Crippen molar-refractivity contribution in [3.05, 3.63) is 58.7 Å². The molecule has 1 N–H and O–H groups in total. The topological polar surface area (TPSA) is 33.7 Å². The molecule has 0 aromatic heterocycles. The maximum absolute atomic E-state index is 14.3. The number of nitrogens with zero attached hydrogens (tertiary/aromatic N) is 1. The van der Waals surface area contributed by atoms with Crippen LogP contribution < -0.4 is 14.8 Å². The minimum atomic E-state index is -0.579. The second kappa shape index (κ2) is 8.01. The summed E-state index contributed by atoms with van der Waals surface area (Å²) in [5.41, 5.74) is 2.44. The highest BCUT2D eigenvalue weighted by atomic mass is 19.1. The Kier molecular flexibility index (Phi) is 5.74. The van der Waals surface area contributed by atoms with Crippen LogP contribution in [0.15, 0.2) is 30.3 Å². The van der Waals surface area contributed by atoms with Gasteiger partial charge < -0.3 is 19.7 Å². The number of benzene rings is 2. The van der Waals surface area contributed by atoms with Gasteiger partial charge in [0.25, 0.3) is 0 Å². The molecule has 1 unspecified atom stereocenters. The van der Waals surface area contributed by atoms with Crippen LogP contribution in [0.1, 0.15) is 22.7 Å². The molecule has 140 valence electrons. The van der Waals surface area contributed by atoms with Crippen molar-refractivity contribution in [1.82, 2.24) is 10.2 Å². The molecule has 0 fully saturated rings. The number of rotatable bonds is 6. The average molecular weight is 362 g/mol. The van der Waals surface area contributed by atoms with E-state index in [1.165, 1.54) is 12.1 Å². The van der Waals surface area contributed by atoms with Crippen molar-refractivity contribution in [2.24, 2.45) is 0 Å². The number of ether oxygens (including phenoxy) is 2. The van der Waals surface area contributed by atoms with Crippen LogP contribution in [-0.4, -0.2) is 45.8 Å². The van der Waals surface area contributed by atoms with E-state index in [4.69, 9.17) is 9.47 Å². The van der Waals surface area contributed by atoms with Gasteiger partial charge >= 0.3 is 0 Å². The van der Waals surface area contributed by atoms with Gasteiger partial charge in [0, 0.05) is 24.7 Å². The lowest BCUT2D eigenvalue weighted by molar-refractivity contribution is 0.250. The van der Waals surface area contributed by atoms with Gasteiger partial charge in [-0.05, 0) is 49.8 Å². The standard InChI is InChI=1S/C20H24F2N2O2/c1-24(2)8-9-26-19-12-16-13(10-18(19)25-3)6-7-23-20(16)15-5-4-14(21)11-17(15)22/h4-5,10-12,20,23H,6-9H2,1-3H3. The molecule has 0 saturated carbocycles. The second-order valence-corrected chi connectivity index (χ2v) is 6.66. The first-order valence-corrected chi connectivity index (χ1v) is 8.66. The van der Waals surface area contributed by atoms with Gasteiger partial charge in [-0.3, -0.25) is 0 Å². The Hall–Kier alpha value is -2.18. The Labute approximate surface area is 152 Å². The summed E-state index contributed by atoms with van der Waals surface area (Å²) in [5, 5.41) is 3.32. The number of methoxy groups -OCH3 is 1. The summed E-state index contributed by atoms with van der Waals surface area (Å²) >= 11 is 0. The van der Waals surface area contributed by atoms with Crippen LogP contribution in [0.4, 0.5) is 8.78 Å². The summed E-state index contributed by atoms with van der Waals surface area (Å²) in [4.78, 5) is 2.03. The Morgan fingerprint density at radius 1 is 1.12 bits per heavy atom. The van der Waals surface area contributed by atoms with Crippen molar-refractivity contribution in [3.63, 3.8) is 0 Å². The van der Waals surface area contributed by atoms with Gasteiger partial charge in [-0.25, -0.2) is 8.78 Å². The first kappa shape index (κ1) is 18.6. The highest BCUT2D eigenvalue weighted by Crippen LogP contribution is 2.38. The molecule has 2 aromatic carbocycles. The molecule has 1 atom stereocenters. The smallest absolute Gasteiger partial charge is 0.161 e. The Bertz CT molecular complexity index is 781. The minimum absolute atomic E-state index is 0.346. The van der Waals surface area contributed by atoms with Gasteiger partial charge in [-0.1, -0.05) is 6.07 Å². The van der Waals surface area contributed by atoms with E-state index in [2.05, 4.69) is 5.32 Å². The molecule has 1 heterocycles. The van der Waals surface area contributed by atoms with Crippen LogP contribution >= 0.6 is 0 Å². The molecule has 0 bridgehead atoms. The van der Waals surface area contributed by atoms with Gasteiger partial charge in [0.2, 0.25) is 0 Å². The Balaban J connectivity index is 1.96. The van der Waals surface area contributed by atoms with Crippen LogP contribution in [0.5, 0.6) is 11.5 Å². The summed E-state index contributed by atoms with van der Waals surface area (Å²) in [6.07, 6.45) is 0.809. The zero-order valence-corrected chi connectivity index (χ0v) is 15.3. The summed E-state index contributed by atoms with van der Waals surface area (Å²) in [6.45, 7) is 2.00. The molecule has 2 aromatic rings. The summed E-state index contributed by atoms with van der Waals surface area (Å²) in [5.74, 6) is 0.165. The molecular weight excluding hydrogens is 338 g/mol. The van der Waals surface area contributed by atoms with E-state index in [1.54, 1.807) is 7.11 Å². The molecule has 1 aliphatic rings. The van der Waals surface area contributed by atoms with Crippen molar-refractivity contribution < 1.29 is 18.3 Å². The van der Waals surface area contributed by atoms with Gasteiger partial charge in [0.05, 0.1) is 13.2 Å². The molecule has 0 saturated heterocycles. The number of hydrogen-bond acceptors (Lipinski definition) is 4. The predicted molar refractivity (Wildman–Crippen MR) is 97.0 cm³/mol. The fourth-order valence-corrected chi connectivity index (χ4v) is 3.19. The van der Waals surface area contributed by atoms with Crippen molar-refractivity contribution in [3.8, 4) is 11.5 Å². The monoisotopic (exact) mass is 362 g/mol. The lowest BCUT2D eigenvalue weighted by Gasteiger charge is -2.29. The van der Waals surface area contributed by atoms with E-state index in [9.17, 15) is 8.78 Å². The molecule has 0 spiro atoms. The molecule has 0 radical (unpaired) electrons. The third kappa shape index (κ3) is 3.97. The van der Waals surface area contributed by atoms with E-state index < -0.39 is 11.6 Å². The number of nitrogens with one attached hydrogen (secondary N) is 1. The first-order chi connectivity index (χ1) is 12.5. The molecule has 3 rings (SSSR count). The van der Waals surface area contributed by atoms with Gasteiger partial charge in [-0.2, -0.15) is 0 Å². The molecule has 0 aliphatic carbocycles. The van der Waals surface area contributed by atoms with E-state index >= 15 is 0 Å². The maximum atomic E-state index is 14.3. The fourth-order valence-electron chi connectivity index (χ4n) is 3.19. The first-order valence-electron chi connectivity index (χ1n) is 8.66. The molecule has 4 nitrogen and oxygen atoms in total. The number of fused-ring (bicyclic) bond motifs is 1. The quantitative estimate of drug-likeness (QED) is 0.856. The summed E-state index contributed by atoms with van der Waals surface area (Å²) in [7, 11) is 5.56. The van der Waals surface area contributed by atoms with Crippen LogP contribution in [-0.2, 0) is 6.42 Å².